The van der Waals surface area contributed by atoms with Gasteiger partial charge in [-0.05, 0) is 12.8 Å². The van der Waals surface area contributed by atoms with Crippen molar-refractivity contribution in [3.63, 3.8) is 0 Å². The molecule has 1 aliphatic heterocycles. The molecule has 7 heteroatoms. The first kappa shape index (κ1) is 12.3. The van der Waals surface area contributed by atoms with Crippen LogP contribution in [0.2, 0.25) is 0 Å². The number of hydrogen-bond acceptors (Lipinski definition) is 4. The lowest BCUT2D eigenvalue weighted by atomic mass is 10.2. The second kappa shape index (κ2) is 5.34. The van der Waals surface area contributed by atoms with E-state index < -0.39 is 6.04 Å². The van der Waals surface area contributed by atoms with Gasteiger partial charge in [0.25, 0.3) is 0 Å². The molecule has 1 saturated heterocycles. The van der Waals surface area contributed by atoms with Crippen LogP contribution < -0.4 is 11.1 Å². The van der Waals surface area contributed by atoms with E-state index in [1.54, 1.807) is 0 Å². The Morgan fingerprint density at radius 2 is 2.31 bits per heavy atom. The van der Waals surface area contributed by atoms with Crippen molar-refractivity contribution in [2.45, 2.75) is 25.3 Å². The smallest absolute Gasteiger partial charge is 0.242 e. The van der Waals surface area contributed by atoms with Gasteiger partial charge in [-0.25, -0.2) is 0 Å². The number of amides is 2. The molecule has 0 aliphatic carbocycles. The van der Waals surface area contributed by atoms with E-state index in [0.29, 0.717) is 13.0 Å². The summed E-state index contributed by atoms with van der Waals surface area (Å²) in [6, 6.07) is -0.427. The van der Waals surface area contributed by atoms with Gasteiger partial charge in [-0.2, -0.15) is 0 Å². The molecular weight excluding hydrogens is 212 g/mol. The normalized spacial score (nSPS) is 20.9. The second-order valence-corrected chi connectivity index (χ2v) is 3.63. The third-order valence-corrected chi connectivity index (χ3v) is 2.58. The number of nitrogens with two attached hydrogens (primary N) is 1. The highest BCUT2D eigenvalue weighted by Gasteiger charge is 2.33. The lowest BCUT2D eigenvalue weighted by molar-refractivity contribution is -0.137. The van der Waals surface area contributed by atoms with Gasteiger partial charge in [-0.3, -0.25) is 9.59 Å². The minimum atomic E-state index is -0.427. The zero-order chi connectivity index (χ0) is 12.1. The van der Waals surface area contributed by atoms with E-state index in [-0.39, 0.29) is 24.1 Å². The van der Waals surface area contributed by atoms with Gasteiger partial charge in [0.1, 0.15) is 11.9 Å². The molecule has 0 aromatic carbocycles. The number of nitrogens with one attached hydrogen (secondary N) is 1. The summed E-state index contributed by atoms with van der Waals surface area (Å²) in [7, 11) is 1.53. The maximum Gasteiger partial charge on any atom is 0.242 e. The van der Waals surface area contributed by atoms with E-state index in [1.165, 1.54) is 11.9 Å². The lowest BCUT2D eigenvalue weighted by Gasteiger charge is -2.22. The van der Waals surface area contributed by atoms with Gasteiger partial charge in [0.15, 0.2) is 0 Å². The van der Waals surface area contributed by atoms with Gasteiger partial charge < -0.3 is 21.2 Å². The zero-order valence-corrected chi connectivity index (χ0v) is 9.14. The first-order valence-corrected chi connectivity index (χ1v) is 5.07. The first-order chi connectivity index (χ1) is 7.60. The fourth-order valence-electron chi connectivity index (χ4n) is 1.80. The number of hydrogen-bond donors (Lipinski definition) is 3. The predicted molar refractivity (Wildman–Crippen MR) is 56.8 cm³/mol. The molecule has 0 spiro atoms. The summed E-state index contributed by atoms with van der Waals surface area (Å²) >= 11 is 0. The van der Waals surface area contributed by atoms with Crippen molar-refractivity contribution in [1.29, 1.82) is 0 Å². The number of amidine groups is 1. The van der Waals surface area contributed by atoms with Crippen LogP contribution in [-0.2, 0) is 9.59 Å². The monoisotopic (exact) mass is 228 g/mol. The van der Waals surface area contributed by atoms with Gasteiger partial charge in [0.05, 0.1) is 6.42 Å². The van der Waals surface area contributed by atoms with Crippen LogP contribution in [0.25, 0.3) is 0 Å². The number of likely N-dealkylation sites (tertiary alicyclic amines) is 1. The predicted octanol–water partition coefficient (Wildman–Crippen LogP) is -1.14. The number of carbonyl (C=O) groups excluding carboxylic acids is 2. The van der Waals surface area contributed by atoms with E-state index in [0.717, 1.165) is 6.42 Å². The molecule has 4 N–H and O–H groups in total. The highest BCUT2D eigenvalue weighted by atomic mass is 16.4. The van der Waals surface area contributed by atoms with E-state index in [4.69, 9.17) is 10.9 Å². The molecule has 1 aliphatic rings. The van der Waals surface area contributed by atoms with Crippen LogP contribution in [-0.4, -0.2) is 47.4 Å². The van der Waals surface area contributed by atoms with E-state index in [2.05, 4.69) is 10.5 Å². The van der Waals surface area contributed by atoms with E-state index >= 15 is 0 Å². The summed E-state index contributed by atoms with van der Waals surface area (Å²) in [6.07, 6.45) is 1.28. The largest absolute Gasteiger partial charge is 0.409 e. The maximum absolute atomic E-state index is 11.7. The average molecular weight is 228 g/mol. The highest BCUT2D eigenvalue weighted by Crippen LogP contribution is 2.18. The summed E-state index contributed by atoms with van der Waals surface area (Å²) < 4.78 is 0. The molecule has 0 aromatic rings. The Balaban J connectivity index is 2.64. The van der Waals surface area contributed by atoms with Crippen molar-refractivity contribution in [2.75, 3.05) is 13.6 Å². The molecule has 0 radical (unpaired) electrons. The molecule has 7 nitrogen and oxygen atoms in total. The van der Waals surface area contributed by atoms with Crippen LogP contribution in [0.3, 0.4) is 0 Å². The van der Waals surface area contributed by atoms with Crippen molar-refractivity contribution < 1.29 is 14.8 Å². The van der Waals surface area contributed by atoms with Crippen molar-refractivity contribution in [1.82, 2.24) is 10.2 Å². The Bertz CT molecular complexity index is 316. The zero-order valence-electron chi connectivity index (χ0n) is 9.14. The van der Waals surface area contributed by atoms with Crippen LogP contribution in [0.5, 0.6) is 0 Å². The van der Waals surface area contributed by atoms with Crippen molar-refractivity contribution in [3.8, 4) is 0 Å². The fraction of sp³-hybridized carbons (Fsp3) is 0.667. The Morgan fingerprint density at radius 1 is 1.62 bits per heavy atom. The summed E-state index contributed by atoms with van der Waals surface area (Å²) in [6.45, 7) is 0.537. The van der Waals surface area contributed by atoms with Gasteiger partial charge in [0.2, 0.25) is 11.8 Å². The summed E-state index contributed by atoms with van der Waals surface area (Å²) in [4.78, 5) is 24.7. The molecule has 1 unspecified atom stereocenters. The minimum absolute atomic E-state index is 0.146. The quantitative estimate of drug-likeness (QED) is 0.245. The Kier molecular flexibility index (Phi) is 4.10. The molecule has 1 heterocycles. The number of rotatable bonds is 3. The Morgan fingerprint density at radius 3 is 2.88 bits per heavy atom. The van der Waals surface area contributed by atoms with Crippen molar-refractivity contribution >= 4 is 17.6 Å². The molecule has 1 atom stereocenters. The third-order valence-electron chi connectivity index (χ3n) is 2.58. The fourth-order valence-corrected chi connectivity index (χ4v) is 1.80. The number of nitrogens with zero attached hydrogens (tertiary/aromatic N) is 2. The number of carbonyl (C=O) groups is 2. The molecule has 0 bridgehead atoms. The standard InChI is InChI=1S/C9H16N4O3/c1-11-9(15)6-3-2-4-13(6)8(14)5-7(10)12-16/h6,16H,2-5H2,1H3,(H2,10,12)(H,11,15). The molecule has 2 amide bonds. The third kappa shape index (κ3) is 2.62. The van der Waals surface area contributed by atoms with Crippen LogP contribution in [0.4, 0.5) is 0 Å². The molecule has 0 aromatic heterocycles. The minimum Gasteiger partial charge on any atom is -0.409 e. The maximum atomic E-state index is 11.7. The van der Waals surface area contributed by atoms with Gasteiger partial charge in [-0.15, -0.1) is 0 Å². The summed E-state index contributed by atoms with van der Waals surface area (Å²) in [5.74, 6) is -0.612. The van der Waals surface area contributed by atoms with Crippen LogP contribution in [0.15, 0.2) is 5.16 Å². The highest BCUT2D eigenvalue weighted by molar-refractivity contribution is 6.00. The molecular formula is C9H16N4O3. The van der Waals surface area contributed by atoms with Crippen LogP contribution in [0.1, 0.15) is 19.3 Å². The Hall–Kier alpha value is -1.79. The van der Waals surface area contributed by atoms with Crippen molar-refractivity contribution in [2.24, 2.45) is 10.9 Å². The Labute approximate surface area is 93.3 Å². The van der Waals surface area contributed by atoms with E-state index in [9.17, 15) is 9.59 Å². The van der Waals surface area contributed by atoms with Gasteiger partial charge in [0, 0.05) is 13.6 Å². The topological polar surface area (TPSA) is 108 Å². The first-order valence-electron chi connectivity index (χ1n) is 5.07. The lowest BCUT2D eigenvalue weighted by Crippen LogP contribution is -2.45. The molecule has 1 rings (SSSR count). The summed E-state index contributed by atoms with van der Waals surface area (Å²) in [5.41, 5.74) is 5.25. The molecule has 0 saturated carbocycles. The van der Waals surface area contributed by atoms with Gasteiger partial charge >= 0.3 is 0 Å². The summed E-state index contributed by atoms with van der Waals surface area (Å²) in [5, 5.41) is 13.6. The SMILES string of the molecule is CNC(=O)C1CCCN1C(=O)CC(N)=NO. The average Bonchev–Trinajstić information content (AvgIpc) is 2.76. The molecule has 16 heavy (non-hydrogen) atoms. The number of oxime groups is 1. The molecule has 1 fully saturated rings. The van der Waals surface area contributed by atoms with E-state index in [1.807, 2.05) is 0 Å². The van der Waals surface area contributed by atoms with Crippen LogP contribution >= 0.6 is 0 Å². The van der Waals surface area contributed by atoms with Gasteiger partial charge in [-0.1, -0.05) is 5.16 Å². The molecule has 90 valence electrons. The number of likely N-dealkylation sites (N-methyl/N-ethyl adjacent to an activating group) is 1. The van der Waals surface area contributed by atoms with Crippen LogP contribution in [0, 0.1) is 0 Å². The van der Waals surface area contributed by atoms with Crippen molar-refractivity contribution in [3.05, 3.63) is 0 Å². The second-order valence-electron chi connectivity index (χ2n) is 3.63.